The van der Waals surface area contributed by atoms with Crippen LogP contribution in [0.5, 0.6) is 11.5 Å². The van der Waals surface area contributed by atoms with E-state index in [1.807, 2.05) is 68.4 Å². The zero-order chi connectivity index (χ0) is 23.2. The van der Waals surface area contributed by atoms with Crippen LogP contribution in [-0.4, -0.2) is 25.0 Å². The molecule has 2 atom stereocenters. The van der Waals surface area contributed by atoms with Gasteiger partial charge in [-0.2, -0.15) is 0 Å². The van der Waals surface area contributed by atoms with Crippen LogP contribution >= 0.6 is 0 Å². The van der Waals surface area contributed by atoms with E-state index in [9.17, 15) is 9.59 Å². The highest BCUT2D eigenvalue weighted by Gasteiger charge is 2.59. The summed E-state index contributed by atoms with van der Waals surface area (Å²) in [5.74, 6) is 2.83. The van der Waals surface area contributed by atoms with Crippen molar-refractivity contribution in [2.45, 2.75) is 57.4 Å². The third-order valence-corrected chi connectivity index (χ3v) is 8.31. The van der Waals surface area contributed by atoms with Gasteiger partial charge < -0.3 is 14.8 Å². The molecule has 0 saturated heterocycles. The maximum atomic E-state index is 13.5. The predicted octanol–water partition coefficient (Wildman–Crippen LogP) is 5.24. The first-order chi connectivity index (χ1) is 15.8. The smallest absolute Gasteiger partial charge is 0.311 e. The second-order valence-corrected chi connectivity index (χ2v) is 10.8. The van der Waals surface area contributed by atoms with Crippen molar-refractivity contribution in [2.24, 2.45) is 23.2 Å². The number of carbonyl (C=O) groups excluding carboxylic acids is 2. The minimum absolute atomic E-state index is 0.0452. The number of methoxy groups -OCH3 is 1. The Hall–Kier alpha value is -2.82. The number of para-hydroxylation sites is 1. The molecule has 2 aromatic carbocycles. The summed E-state index contributed by atoms with van der Waals surface area (Å²) in [6.07, 6.45) is 4.83. The number of ether oxygens (including phenoxy) is 2. The first-order valence-electron chi connectivity index (χ1n) is 12.0. The lowest BCUT2D eigenvalue weighted by Crippen LogP contribution is -2.62. The Balaban J connectivity index is 1.27. The fourth-order valence-corrected chi connectivity index (χ4v) is 6.75. The summed E-state index contributed by atoms with van der Waals surface area (Å²) in [5, 5.41) is 3.41. The normalized spacial score (nSPS) is 30.0. The maximum Gasteiger partial charge on any atom is 0.311 e. The molecule has 6 rings (SSSR count). The van der Waals surface area contributed by atoms with Gasteiger partial charge in [0.25, 0.3) is 0 Å². The molecular formula is C28H33NO4. The molecule has 4 saturated carbocycles. The number of amides is 1. The summed E-state index contributed by atoms with van der Waals surface area (Å²) in [6.45, 7) is 3.95. The van der Waals surface area contributed by atoms with Gasteiger partial charge in [-0.05, 0) is 93.5 Å². The van der Waals surface area contributed by atoms with Gasteiger partial charge in [0.05, 0.1) is 17.9 Å². The number of benzene rings is 2. The number of nitrogens with one attached hydrogen (secondary N) is 1. The molecule has 5 heteroatoms. The topological polar surface area (TPSA) is 64.6 Å². The molecule has 1 N–H and O–H groups in total. The van der Waals surface area contributed by atoms with Crippen LogP contribution in [0.15, 0.2) is 54.6 Å². The average Bonchev–Trinajstić information content (AvgIpc) is 2.81. The van der Waals surface area contributed by atoms with Gasteiger partial charge in [-0.15, -0.1) is 0 Å². The van der Waals surface area contributed by atoms with Crippen LogP contribution in [0.2, 0.25) is 0 Å². The summed E-state index contributed by atoms with van der Waals surface area (Å²) in [5.41, 5.74) is -0.0356. The summed E-state index contributed by atoms with van der Waals surface area (Å²) in [7, 11) is 1.50. The standard InChI is InChI=1S/C28H33NO4/c1-27(2,21-9-11-23(12-10-21)33-22-7-5-4-6-8-22)25(30)29-24-19-13-18-14-20(24)17-28(15-18,16-19)26(31)32-3/h4-12,18-20,24H,13-17H2,1-3H3,(H,29,30). The fraction of sp³-hybridized carbons (Fsp3) is 0.500. The van der Waals surface area contributed by atoms with E-state index in [1.165, 1.54) is 7.11 Å². The highest BCUT2D eigenvalue weighted by atomic mass is 16.5. The minimum Gasteiger partial charge on any atom is -0.469 e. The number of hydrogen-bond donors (Lipinski definition) is 1. The van der Waals surface area contributed by atoms with Crippen molar-refractivity contribution in [2.75, 3.05) is 7.11 Å². The Labute approximate surface area is 195 Å². The van der Waals surface area contributed by atoms with E-state index in [-0.39, 0.29) is 23.3 Å². The molecule has 4 fully saturated rings. The van der Waals surface area contributed by atoms with Crippen LogP contribution in [0, 0.1) is 23.2 Å². The van der Waals surface area contributed by atoms with Gasteiger partial charge in [-0.3, -0.25) is 9.59 Å². The van der Waals surface area contributed by atoms with Crippen molar-refractivity contribution in [1.82, 2.24) is 5.32 Å². The minimum atomic E-state index is -0.667. The van der Waals surface area contributed by atoms with Crippen molar-refractivity contribution < 1.29 is 19.1 Å². The molecule has 0 aromatic heterocycles. The molecular weight excluding hydrogens is 414 g/mol. The lowest BCUT2D eigenvalue weighted by molar-refractivity contribution is -0.171. The average molecular weight is 448 g/mol. The van der Waals surface area contributed by atoms with Gasteiger partial charge in [0.15, 0.2) is 0 Å². The lowest BCUT2D eigenvalue weighted by Gasteiger charge is -2.58. The molecule has 0 spiro atoms. The van der Waals surface area contributed by atoms with Crippen LogP contribution in [0.4, 0.5) is 0 Å². The molecule has 2 aromatic rings. The number of carbonyl (C=O) groups is 2. The largest absolute Gasteiger partial charge is 0.469 e. The monoisotopic (exact) mass is 447 g/mol. The molecule has 0 heterocycles. The summed E-state index contributed by atoms with van der Waals surface area (Å²) >= 11 is 0. The molecule has 1 amide bonds. The van der Waals surface area contributed by atoms with Crippen molar-refractivity contribution in [3.8, 4) is 11.5 Å². The van der Waals surface area contributed by atoms with Gasteiger partial charge in [-0.1, -0.05) is 30.3 Å². The Kier molecular flexibility index (Phi) is 5.46. The predicted molar refractivity (Wildman–Crippen MR) is 126 cm³/mol. The van der Waals surface area contributed by atoms with Gasteiger partial charge in [0.2, 0.25) is 5.91 Å². The molecule has 33 heavy (non-hydrogen) atoms. The highest BCUT2D eigenvalue weighted by Crippen LogP contribution is 2.60. The highest BCUT2D eigenvalue weighted by molar-refractivity contribution is 5.87. The quantitative estimate of drug-likeness (QED) is 0.615. The van der Waals surface area contributed by atoms with Crippen LogP contribution < -0.4 is 10.1 Å². The van der Waals surface area contributed by atoms with Crippen molar-refractivity contribution in [1.29, 1.82) is 0 Å². The SMILES string of the molecule is COC(=O)C12CC3CC(C1)C(NC(=O)C(C)(C)c1ccc(Oc4ccccc4)cc1)C(C3)C2. The van der Waals surface area contributed by atoms with Crippen LogP contribution in [0.1, 0.15) is 51.5 Å². The Morgan fingerprint density at radius 2 is 1.52 bits per heavy atom. The van der Waals surface area contributed by atoms with E-state index >= 15 is 0 Å². The molecule has 5 nitrogen and oxygen atoms in total. The third kappa shape index (κ3) is 3.92. The number of hydrogen-bond acceptors (Lipinski definition) is 4. The zero-order valence-electron chi connectivity index (χ0n) is 19.7. The van der Waals surface area contributed by atoms with Crippen molar-refractivity contribution in [3.63, 3.8) is 0 Å². The molecule has 4 bridgehead atoms. The van der Waals surface area contributed by atoms with Crippen LogP contribution in [-0.2, 0) is 19.7 Å². The Morgan fingerprint density at radius 3 is 2.12 bits per heavy atom. The van der Waals surface area contributed by atoms with Gasteiger partial charge in [0.1, 0.15) is 11.5 Å². The summed E-state index contributed by atoms with van der Waals surface area (Å²) < 4.78 is 11.1. The van der Waals surface area contributed by atoms with E-state index in [2.05, 4.69) is 5.32 Å². The third-order valence-electron chi connectivity index (χ3n) is 8.31. The summed E-state index contributed by atoms with van der Waals surface area (Å²) in [4.78, 5) is 26.0. The van der Waals surface area contributed by atoms with E-state index < -0.39 is 5.41 Å². The van der Waals surface area contributed by atoms with Gasteiger partial charge in [-0.25, -0.2) is 0 Å². The van der Waals surface area contributed by atoms with E-state index in [0.717, 1.165) is 49.2 Å². The molecule has 174 valence electrons. The molecule has 0 radical (unpaired) electrons. The first-order valence-corrected chi connectivity index (χ1v) is 12.0. The number of rotatable bonds is 6. The van der Waals surface area contributed by atoms with Gasteiger partial charge in [0, 0.05) is 6.04 Å². The second-order valence-electron chi connectivity index (χ2n) is 10.8. The Bertz CT molecular complexity index is 1010. The van der Waals surface area contributed by atoms with Gasteiger partial charge >= 0.3 is 5.97 Å². The second kappa shape index (κ2) is 8.19. The molecule has 4 aliphatic carbocycles. The molecule has 4 aliphatic rings. The summed E-state index contributed by atoms with van der Waals surface area (Å²) in [6, 6.07) is 17.6. The number of esters is 1. The lowest BCUT2D eigenvalue weighted by atomic mass is 9.48. The fourth-order valence-electron chi connectivity index (χ4n) is 6.75. The van der Waals surface area contributed by atoms with Crippen LogP contribution in [0.3, 0.4) is 0 Å². The zero-order valence-corrected chi connectivity index (χ0v) is 19.7. The maximum absolute atomic E-state index is 13.5. The van der Waals surface area contributed by atoms with E-state index in [1.54, 1.807) is 0 Å². The Morgan fingerprint density at radius 1 is 0.909 bits per heavy atom. The van der Waals surface area contributed by atoms with E-state index in [0.29, 0.717) is 17.8 Å². The van der Waals surface area contributed by atoms with Crippen molar-refractivity contribution in [3.05, 3.63) is 60.2 Å². The van der Waals surface area contributed by atoms with E-state index in [4.69, 9.17) is 9.47 Å². The molecule has 2 unspecified atom stereocenters. The van der Waals surface area contributed by atoms with Crippen molar-refractivity contribution >= 4 is 11.9 Å². The molecule has 0 aliphatic heterocycles. The first kappa shape index (κ1) is 22.0. The van der Waals surface area contributed by atoms with Crippen LogP contribution in [0.25, 0.3) is 0 Å².